The van der Waals surface area contributed by atoms with Gasteiger partial charge in [-0.05, 0) is 18.1 Å². The summed E-state index contributed by atoms with van der Waals surface area (Å²) < 4.78 is 0.961. The van der Waals surface area contributed by atoms with Gasteiger partial charge in [0, 0.05) is 6.54 Å². The van der Waals surface area contributed by atoms with Crippen LogP contribution in [0.4, 0.5) is 0 Å². The molecule has 3 nitrogen and oxygen atoms in total. The summed E-state index contributed by atoms with van der Waals surface area (Å²) in [6.45, 7) is 7.03. The van der Waals surface area contributed by atoms with Crippen LogP contribution < -0.4 is 5.32 Å². The maximum absolute atomic E-state index is 11.8. The zero-order chi connectivity index (χ0) is 13.4. The first-order valence-corrected chi connectivity index (χ1v) is 7.97. The van der Waals surface area contributed by atoms with Gasteiger partial charge in [0.15, 0.2) is 4.34 Å². The third-order valence-electron chi connectivity index (χ3n) is 2.09. The maximum Gasteiger partial charge on any atom is 0.263 e. The number of amides is 1. The minimum absolute atomic E-state index is 0.0200. The van der Waals surface area contributed by atoms with Crippen molar-refractivity contribution in [1.82, 2.24) is 10.3 Å². The molecule has 1 heterocycles. The fourth-order valence-electron chi connectivity index (χ4n) is 1.28. The Morgan fingerprint density at radius 3 is 3.06 bits per heavy atom. The van der Waals surface area contributed by atoms with Crippen LogP contribution in [0.2, 0.25) is 0 Å². The van der Waals surface area contributed by atoms with E-state index < -0.39 is 0 Å². The molecule has 0 atom stereocenters. The normalized spacial score (nSPS) is 11.3. The molecule has 0 bridgehead atoms. The number of hydrogen-bond acceptors (Lipinski definition) is 4. The molecule has 1 amide bonds. The second kappa shape index (κ2) is 8.32. The third-order valence-corrected chi connectivity index (χ3v) is 4.13. The number of aromatic nitrogens is 1. The molecule has 0 aliphatic heterocycles. The highest BCUT2D eigenvalue weighted by molar-refractivity contribution is 8.01. The standard InChI is InChI=1S/C13H20N2OS2/c1-4-17-13-15-9-11(18-13)12(16)14-8-6-5-7-10(2)3/h5,7,9-10H,4,6,8H2,1-3H3,(H,14,16)/b7-5+. The van der Waals surface area contributed by atoms with Crippen molar-refractivity contribution in [2.24, 2.45) is 5.92 Å². The van der Waals surface area contributed by atoms with E-state index in [2.05, 4.69) is 43.2 Å². The Morgan fingerprint density at radius 1 is 1.61 bits per heavy atom. The molecule has 5 heteroatoms. The van der Waals surface area contributed by atoms with E-state index in [-0.39, 0.29) is 5.91 Å². The monoisotopic (exact) mass is 284 g/mol. The van der Waals surface area contributed by atoms with Gasteiger partial charge in [-0.25, -0.2) is 4.98 Å². The van der Waals surface area contributed by atoms with Crippen LogP contribution in [-0.2, 0) is 0 Å². The van der Waals surface area contributed by atoms with Crippen LogP contribution in [0.25, 0.3) is 0 Å². The van der Waals surface area contributed by atoms with Crippen molar-refractivity contribution in [2.45, 2.75) is 31.5 Å². The summed E-state index contributed by atoms with van der Waals surface area (Å²) in [4.78, 5) is 16.7. The fraction of sp³-hybridized carbons (Fsp3) is 0.538. The van der Waals surface area contributed by atoms with Gasteiger partial charge in [-0.15, -0.1) is 11.3 Å². The molecule has 0 unspecified atom stereocenters. The average molecular weight is 284 g/mol. The van der Waals surface area contributed by atoms with Crippen LogP contribution in [0.3, 0.4) is 0 Å². The Bertz CT molecular complexity index is 399. The van der Waals surface area contributed by atoms with Gasteiger partial charge in [-0.2, -0.15) is 0 Å². The lowest BCUT2D eigenvalue weighted by Gasteiger charge is -2.00. The summed E-state index contributed by atoms with van der Waals surface area (Å²) in [5.74, 6) is 1.53. The van der Waals surface area contributed by atoms with Gasteiger partial charge in [0.2, 0.25) is 0 Å². The molecular formula is C13H20N2OS2. The van der Waals surface area contributed by atoms with Gasteiger partial charge in [0.25, 0.3) is 5.91 Å². The molecule has 0 saturated carbocycles. The smallest absolute Gasteiger partial charge is 0.263 e. The summed E-state index contributed by atoms with van der Waals surface area (Å²) >= 11 is 3.12. The van der Waals surface area contributed by atoms with Crippen molar-refractivity contribution in [3.05, 3.63) is 23.2 Å². The predicted molar refractivity (Wildman–Crippen MR) is 79.4 cm³/mol. The Balaban J connectivity index is 2.31. The molecule has 0 aliphatic rings. The molecule has 1 aromatic rings. The van der Waals surface area contributed by atoms with E-state index in [0.29, 0.717) is 17.3 Å². The van der Waals surface area contributed by atoms with E-state index in [1.165, 1.54) is 11.3 Å². The molecule has 0 fully saturated rings. The number of rotatable bonds is 7. The first kappa shape index (κ1) is 15.2. The van der Waals surface area contributed by atoms with Gasteiger partial charge < -0.3 is 5.32 Å². The van der Waals surface area contributed by atoms with E-state index in [1.54, 1.807) is 18.0 Å². The lowest BCUT2D eigenvalue weighted by Crippen LogP contribution is -2.23. The van der Waals surface area contributed by atoms with Crippen LogP contribution in [0, 0.1) is 5.92 Å². The zero-order valence-electron chi connectivity index (χ0n) is 11.1. The van der Waals surface area contributed by atoms with Crippen molar-refractivity contribution in [3.8, 4) is 0 Å². The minimum Gasteiger partial charge on any atom is -0.351 e. The summed E-state index contributed by atoms with van der Waals surface area (Å²) in [5, 5.41) is 2.90. The van der Waals surface area contributed by atoms with E-state index in [9.17, 15) is 4.79 Å². The van der Waals surface area contributed by atoms with Crippen molar-refractivity contribution in [2.75, 3.05) is 12.3 Å². The number of hydrogen-bond donors (Lipinski definition) is 1. The maximum atomic E-state index is 11.8. The molecule has 1 aromatic heterocycles. The number of carbonyl (C=O) groups excluding carboxylic acids is 1. The summed E-state index contributed by atoms with van der Waals surface area (Å²) in [7, 11) is 0. The minimum atomic E-state index is -0.0200. The molecule has 1 N–H and O–H groups in total. The van der Waals surface area contributed by atoms with Crippen molar-refractivity contribution < 1.29 is 4.79 Å². The highest BCUT2D eigenvalue weighted by Gasteiger charge is 2.09. The quantitative estimate of drug-likeness (QED) is 0.473. The Morgan fingerprint density at radius 2 is 2.39 bits per heavy atom. The SMILES string of the molecule is CCSc1ncc(C(=O)NCC/C=C/C(C)C)s1. The van der Waals surface area contributed by atoms with E-state index in [4.69, 9.17) is 0 Å². The molecule has 0 saturated heterocycles. The summed E-state index contributed by atoms with van der Waals surface area (Å²) in [5.41, 5.74) is 0. The Hall–Kier alpha value is -0.810. The molecule has 100 valence electrons. The van der Waals surface area contributed by atoms with Crippen LogP contribution >= 0.6 is 23.1 Å². The molecule has 0 aliphatic carbocycles. The molecule has 1 rings (SSSR count). The fourth-order valence-corrected chi connectivity index (χ4v) is 3.07. The average Bonchev–Trinajstić information content (AvgIpc) is 2.77. The number of thioether (sulfide) groups is 1. The second-order valence-corrected chi connectivity index (χ2v) is 6.68. The number of nitrogens with one attached hydrogen (secondary N) is 1. The van der Waals surface area contributed by atoms with Crippen molar-refractivity contribution >= 4 is 29.0 Å². The van der Waals surface area contributed by atoms with E-state index in [0.717, 1.165) is 16.5 Å². The Labute approximate surface area is 117 Å². The highest BCUT2D eigenvalue weighted by Crippen LogP contribution is 2.23. The van der Waals surface area contributed by atoms with Crippen molar-refractivity contribution in [3.63, 3.8) is 0 Å². The first-order valence-electron chi connectivity index (χ1n) is 6.17. The second-order valence-electron chi connectivity index (χ2n) is 4.14. The largest absolute Gasteiger partial charge is 0.351 e. The predicted octanol–water partition coefficient (Wildman–Crippen LogP) is 3.59. The number of allylic oxidation sites excluding steroid dienone is 1. The summed E-state index contributed by atoms with van der Waals surface area (Å²) in [6, 6.07) is 0. The molecule has 18 heavy (non-hydrogen) atoms. The van der Waals surface area contributed by atoms with Crippen LogP contribution in [0.1, 0.15) is 36.9 Å². The number of nitrogens with zero attached hydrogens (tertiary/aromatic N) is 1. The molecular weight excluding hydrogens is 264 g/mol. The van der Waals surface area contributed by atoms with Gasteiger partial charge in [-0.1, -0.05) is 44.7 Å². The molecule has 0 spiro atoms. The highest BCUT2D eigenvalue weighted by atomic mass is 32.2. The van der Waals surface area contributed by atoms with E-state index >= 15 is 0 Å². The van der Waals surface area contributed by atoms with E-state index in [1.807, 2.05) is 0 Å². The molecule has 0 aromatic carbocycles. The van der Waals surface area contributed by atoms with Gasteiger partial charge >= 0.3 is 0 Å². The lowest BCUT2D eigenvalue weighted by molar-refractivity contribution is 0.0958. The number of carbonyl (C=O) groups is 1. The Kier molecular flexibility index (Phi) is 7.05. The summed E-state index contributed by atoms with van der Waals surface area (Å²) in [6.07, 6.45) is 6.78. The lowest BCUT2D eigenvalue weighted by atomic mass is 10.2. The molecule has 0 radical (unpaired) electrons. The van der Waals surface area contributed by atoms with Crippen LogP contribution in [0.15, 0.2) is 22.7 Å². The van der Waals surface area contributed by atoms with Gasteiger partial charge in [0.1, 0.15) is 4.88 Å². The first-order chi connectivity index (χ1) is 8.63. The van der Waals surface area contributed by atoms with Gasteiger partial charge in [0.05, 0.1) is 6.20 Å². The van der Waals surface area contributed by atoms with Gasteiger partial charge in [-0.3, -0.25) is 4.79 Å². The third kappa shape index (κ3) is 5.69. The van der Waals surface area contributed by atoms with Crippen LogP contribution in [0.5, 0.6) is 0 Å². The van der Waals surface area contributed by atoms with Crippen LogP contribution in [-0.4, -0.2) is 23.2 Å². The van der Waals surface area contributed by atoms with Crippen molar-refractivity contribution in [1.29, 1.82) is 0 Å². The zero-order valence-corrected chi connectivity index (χ0v) is 12.7. The number of thiazole rings is 1. The topological polar surface area (TPSA) is 42.0 Å².